The molecule has 1 N–H and O–H groups in total. The molecule has 5 nitrogen and oxygen atoms in total. The van der Waals surface area contributed by atoms with Gasteiger partial charge in [0.25, 0.3) is 0 Å². The average molecular weight is 273 g/mol. The van der Waals surface area contributed by atoms with Crippen molar-refractivity contribution in [2.24, 2.45) is 7.05 Å². The molecule has 3 heterocycles. The first kappa shape index (κ1) is 11.7. The molecule has 4 aromatic rings. The van der Waals surface area contributed by atoms with E-state index < -0.39 is 0 Å². The minimum Gasteiger partial charge on any atom is -0.339 e. The van der Waals surface area contributed by atoms with Crippen molar-refractivity contribution in [1.29, 1.82) is 5.26 Å². The summed E-state index contributed by atoms with van der Waals surface area (Å²) in [6, 6.07) is 11.7. The minimum absolute atomic E-state index is 0.643. The number of rotatable bonds is 1. The van der Waals surface area contributed by atoms with Crippen molar-refractivity contribution in [1.82, 2.24) is 19.5 Å². The van der Waals surface area contributed by atoms with Crippen molar-refractivity contribution in [3.8, 4) is 17.3 Å². The Bertz CT molecular complexity index is 1020. The van der Waals surface area contributed by atoms with Crippen LogP contribution in [0.2, 0.25) is 0 Å². The predicted octanol–water partition coefficient (Wildman–Crippen LogP) is 2.99. The number of aromatic amines is 1. The Morgan fingerprint density at radius 2 is 2.14 bits per heavy atom. The van der Waals surface area contributed by atoms with Crippen LogP contribution in [0.15, 0.2) is 42.9 Å². The SMILES string of the molecule is Cn1cnc2cnc3[nH]c(-c4cccc(C#N)c4)cc3c21. The number of H-pyrrole nitrogens is 1. The van der Waals surface area contributed by atoms with Crippen LogP contribution in [0.4, 0.5) is 0 Å². The number of pyridine rings is 1. The number of nitrogens with one attached hydrogen (secondary N) is 1. The third-order valence-corrected chi connectivity index (χ3v) is 3.64. The van der Waals surface area contributed by atoms with Gasteiger partial charge in [-0.25, -0.2) is 9.97 Å². The molecule has 0 spiro atoms. The van der Waals surface area contributed by atoms with Crippen LogP contribution in [-0.2, 0) is 7.05 Å². The quantitative estimate of drug-likeness (QED) is 0.579. The number of hydrogen-bond donors (Lipinski definition) is 1. The molecule has 0 aliphatic rings. The molecular weight excluding hydrogens is 262 g/mol. The fourth-order valence-electron chi connectivity index (χ4n) is 2.63. The first-order valence-electron chi connectivity index (χ1n) is 6.55. The van der Waals surface area contributed by atoms with Crippen LogP contribution in [-0.4, -0.2) is 19.5 Å². The van der Waals surface area contributed by atoms with Crippen LogP contribution in [0.1, 0.15) is 5.56 Å². The number of benzene rings is 1. The smallest absolute Gasteiger partial charge is 0.139 e. The summed E-state index contributed by atoms with van der Waals surface area (Å²) in [5.74, 6) is 0. The summed E-state index contributed by atoms with van der Waals surface area (Å²) >= 11 is 0. The van der Waals surface area contributed by atoms with Crippen molar-refractivity contribution in [2.45, 2.75) is 0 Å². The van der Waals surface area contributed by atoms with E-state index in [1.54, 1.807) is 18.6 Å². The molecule has 100 valence electrons. The van der Waals surface area contributed by atoms with Gasteiger partial charge in [-0.15, -0.1) is 0 Å². The summed E-state index contributed by atoms with van der Waals surface area (Å²) in [6.45, 7) is 0. The second-order valence-corrected chi connectivity index (χ2v) is 4.99. The largest absolute Gasteiger partial charge is 0.339 e. The average Bonchev–Trinajstić information content (AvgIpc) is 3.10. The van der Waals surface area contributed by atoms with Crippen LogP contribution >= 0.6 is 0 Å². The van der Waals surface area contributed by atoms with E-state index in [1.807, 2.05) is 29.8 Å². The number of aromatic nitrogens is 4. The van der Waals surface area contributed by atoms with Crippen LogP contribution in [0.3, 0.4) is 0 Å². The Labute approximate surface area is 120 Å². The highest BCUT2D eigenvalue weighted by Crippen LogP contribution is 2.28. The van der Waals surface area contributed by atoms with E-state index >= 15 is 0 Å². The van der Waals surface area contributed by atoms with Gasteiger partial charge in [0.05, 0.1) is 29.7 Å². The van der Waals surface area contributed by atoms with Crippen LogP contribution in [0.5, 0.6) is 0 Å². The Kier molecular flexibility index (Phi) is 2.33. The maximum Gasteiger partial charge on any atom is 0.139 e. The zero-order valence-corrected chi connectivity index (χ0v) is 11.3. The zero-order chi connectivity index (χ0) is 14.4. The molecule has 0 unspecified atom stereocenters. The van der Waals surface area contributed by atoms with Gasteiger partial charge in [-0.3, -0.25) is 0 Å². The highest BCUT2D eigenvalue weighted by atomic mass is 15.0. The maximum absolute atomic E-state index is 9.01. The molecule has 0 saturated carbocycles. The fourth-order valence-corrected chi connectivity index (χ4v) is 2.63. The topological polar surface area (TPSA) is 70.3 Å². The van der Waals surface area contributed by atoms with E-state index in [2.05, 4.69) is 27.1 Å². The molecule has 0 aliphatic carbocycles. The Hall–Kier alpha value is -3.13. The van der Waals surface area contributed by atoms with Gasteiger partial charge in [0.15, 0.2) is 0 Å². The summed E-state index contributed by atoms with van der Waals surface area (Å²) in [5, 5.41) is 10.0. The summed E-state index contributed by atoms with van der Waals surface area (Å²) in [4.78, 5) is 12.0. The molecule has 4 rings (SSSR count). The van der Waals surface area contributed by atoms with Gasteiger partial charge in [-0.05, 0) is 23.8 Å². The molecule has 21 heavy (non-hydrogen) atoms. The van der Waals surface area contributed by atoms with Gasteiger partial charge in [0.2, 0.25) is 0 Å². The van der Waals surface area contributed by atoms with Gasteiger partial charge in [-0.1, -0.05) is 12.1 Å². The summed E-state index contributed by atoms with van der Waals surface area (Å²) < 4.78 is 1.99. The lowest BCUT2D eigenvalue weighted by Gasteiger charge is -1.97. The molecular formula is C16H11N5. The fraction of sp³-hybridized carbons (Fsp3) is 0.0625. The molecule has 0 amide bonds. The Morgan fingerprint density at radius 1 is 1.24 bits per heavy atom. The van der Waals surface area contributed by atoms with E-state index in [9.17, 15) is 0 Å². The van der Waals surface area contributed by atoms with Crippen molar-refractivity contribution >= 4 is 22.1 Å². The van der Waals surface area contributed by atoms with Gasteiger partial charge < -0.3 is 9.55 Å². The van der Waals surface area contributed by atoms with Crippen LogP contribution in [0, 0.1) is 11.3 Å². The standard InChI is InChI=1S/C16H11N5/c1-21-9-19-14-8-18-16-12(15(14)21)6-13(20-16)11-4-2-3-10(5-11)7-17/h2-6,8-9H,1H3,(H,18,20). The van der Waals surface area contributed by atoms with Gasteiger partial charge in [0, 0.05) is 18.1 Å². The third-order valence-electron chi connectivity index (χ3n) is 3.64. The number of fused-ring (bicyclic) bond motifs is 3. The van der Waals surface area contributed by atoms with Crippen molar-refractivity contribution in [3.63, 3.8) is 0 Å². The molecule has 3 aromatic heterocycles. The first-order chi connectivity index (χ1) is 10.3. The Balaban J connectivity index is 2.00. The van der Waals surface area contributed by atoms with Crippen molar-refractivity contribution < 1.29 is 0 Å². The maximum atomic E-state index is 9.01. The lowest BCUT2D eigenvalue weighted by atomic mass is 10.1. The first-order valence-corrected chi connectivity index (χ1v) is 6.55. The predicted molar refractivity (Wildman–Crippen MR) is 80.5 cm³/mol. The lowest BCUT2D eigenvalue weighted by molar-refractivity contribution is 0.951. The summed E-state index contributed by atoms with van der Waals surface area (Å²) in [5.41, 5.74) is 5.32. The number of aryl methyl sites for hydroxylation is 1. The van der Waals surface area contributed by atoms with Gasteiger partial charge >= 0.3 is 0 Å². The molecule has 0 atom stereocenters. The second-order valence-electron chi connectivity index (χ2n) is 4.99. The number of nitrogens with zero attached hydrogens (tertiary/aromatic N) is 4. The summed E-state index contributed by atoms with van der Waals surface area (Å²) in [6.07, 6.45) is 3.55. The molecule has 5 heteroatoms. The highest BCUT2D eigenvalue weighted by molar-refractivity contribution is 6.03. The van der Waals surface area contributed by atoms with Gasteiger partial charge in [-0.2, -0.15) is 5.26 Å². The Morgan fingerprint density at radius 3 is 3.00 bits per heavy atom. The van der Waals surface area contributed by atoms with E-state index in [4.69, 9.17) is 5.26 Å². The molecule has 0 bridgehead atoms. The van der Waals surface area contributed by atoms with E-state index in [0.717, 1.165) is 33.3 Å². The minimum atomic E-state index is 0.643. The van der Waals surface area contributed by atoms with Crippen molar-refractivity contribution in [2.75, 3.05) is 0 Å². The number of hydrogen-bond acceptors (Lipinski definition) is 3. The summed E-state index contributed by atoms with van der Waals surface area (Å²) in [7, 11) is 1.97. The normalized spacial score (nSPS) is 11.0. The molecule has 0 radical (unpaired) electrons. The molecule has 0 fully saturated rings. The van der Waals surface area contributed by atoms with Crippen LogP contribution < -0.4 is 0 Å². The van der Waals surface area contributed by atoms with E-state index in [0.29, 0.717) is 5.56 Å². The lowest BCUT2D eigenvalue weighted by Crippen LogP contribution is -1.85. The monoisotopic (exact) mass is 273 g/mol. The molecule has 1 aromatic carbocycles. The van der Waals surface area contributed by atoms with Crippen molar-refractivity contribution in [3.05, 3.63) is 48.4 Å². The number of imidazole rings is 1. The number of nitriles is 1. The van der Waals surface area contributed by atoms with E-state index in [-0.39, 0.29) is 0 Å². The zero-order valence-electron chi connectivity index (χ0n) is 11.3. The molecule has 0 saturated heterocycles. The van der Waals surface area contributed by atoms with Crippen LogP contribution in [0.25, 0.3) is 33.3 Å². The second kappa shape index (κ2) is 4.18. The van der Waals surface area contributed by atoms with E-state index in [1.165, 1.54) is 0 Å². The van der Waals surface area contributed by atoms with Gasteiger partial charge in [0.1, 0.15) is 11.2 Å². The highest BCUT2D eigenvalue weighted by Gasteiger charge is 2.11. The third kappa shape index (κ3) is 1.70. The molecule has 0 aliphatic heterocycles.